The fourth-order valence-corrected chi connectivity index (χ4v) is 2.81. The number of nitrogens with two attached hydrogens (primary N) is 1. The molecule has 2 N–H and O–H groups in total. The lowest BCUT2D eigenvalue weighted by Gasteiger charge is -2.07. The van der Waals surface area contributed by atoms with E-state index in [-0.39, 0.29) is 16.9 Å². The van der Waals surface area contributed by atoms with E-state index in [2.05, 4.69) is 20.3 Å². The van der Waals surface area contributed by atoms with E-state index in [0.29, 0.717) is 15.8 Å². The number of alkyl halides is 3. The summed E-state index contributed by atoms with van der Waals surface area (Å²) >= 11 is 0.868. The average Bonchev–Trinajstić information content (AvgIpc) is 3.17. The summed E-state index contributed by atoms with van der Waals surface area (Å²) in [6, 6.07) is 4.49. The SMILES string of the molecule is Cc1ccc(-c2noc(C(C)Sc3nnc(C(F)(F)F)n3N)n2)cc1F. The Labute approximate surface area is 148 Å². The van der Waals surface area contributed by atoms with E-state index in [0.717, 1.165) is 11.8 Å². The number of hydrogen-bond acceptors (Lipinski definition) is 7. The van der Waals surface area contributed by atoms with E-state index in [4.69, 9.17) is 10.4 Å². The molecular formula is C14H12F4N6OS. The maximum atomic E-state index is 13.6. The molecule has 3 rings (SSSR count). The molecule has 0 aliphatic heterocycles. The molecule has 2 aromatic heterocycles. The molecule has 0 fully saturated rings. The van der Waals surface area contributed by atoms with E-state index in [1.165, 1.54) is 6.07 Å². The third kappa shape index (κ3) is 3.49. The second-order valence-electron chi connectivity index (χ2n) is 5.35. The molecule has 26 heavy (non-hydrogen) atoms. The molecule has 1 aromatic carbocycles. The van der Waals surface area contributed by atoms with Crippen LogP contribution in [0.2, 0.25) is 0 Å². The maximum Gasteiger partial charge on any atom is 0.453 e. The summed E-state index contributed by atoms with van der Waals surface area (Å²) in [5.41, 5.74) is 0.894. The van der Waals surface area contributed by atoms with Gasteiger partial charge in [-0.1, -0.05) is 29.1 Å². The lowest BCUT2D eigenvalue weighted by molar-refractivity contribution is -0.146. The third-order valence-corrected chi connectivity index (χ3v) is 4.46. The van der Waals surface area contributed by atoms with Gasteiger partial charge in [-0.15, -0.1) is 10.2 Å². The number of hydrogen-bond donors (Lipinski definition) is 1. The summed E-state index contributed by atoms with van der Waals surface area (Å²) in [6.45, 7) is 3.25. The number of thioether (sulfide) groups is 1. The molecule has 2 heterocycles. The van der Waals surface area contributed by atoms with Gasteiger partial charge < -0.3 is 10.4 Å². The van der Waals surface area contributed by atoms with Crippen molar-refractivity contribution in [3.8, 4) is 11.4 Å². The van der Waals surface area contributed by atoms with Crippen LogP contribution in [0, 0.1) is 12.7 Å². The molecule has 1 unspecified atom stereocenters. The first-order valence-corrected chi connectivity index (χ1v) is 8.09. The molecule has 0 aliphatic rings. The highest BCUT2D eigenvalue weighted by Crippen LogP contribution is 2.35. The molecule has 7 nitrogen and oxygen atoms in total. The third-order valence-electron chi connectivity index (χ3n) is 3.42. The Bertz CT molecular complexity index is 938. The summed E-state index contributed by atoms with van der Waals surface area (Å²) in [6.07, 6.45) is -4.71. The number of rotatable bonds is 4. The molecule has 0 saturated carbocycles. The van der Waals surface area contributed by atoms with Crippen molar-refractivity contribution in [3.05, 3.63) is 41.3 Å². The van der Waals surface area contributed by atoms with Gasteiger partial charge in [-0.05, 0) is 25.5 Å². The molecule has 12 heteroatoms. The molecule has 3 aromatic rings. The molecule has 0 saturated heterocycles. The Morgan fingerprint density at radius 1 is 1.27 bits per heavy atom. The summed E-state index contributed by atoms with van der Waals surface area (Å²) in [4.78, 5) is 4.15. The predicted octanol–water partition coefficient (Wildman–Crippen LogP) is 3.36. The van der Waals surface area contributed by atoms with Crippen LogP contribution in [0.15, 0.2) is 27.9 Å². The van der Waals surface area contributed by atoms with Crippen molar-refractivity contribution in [2.45, 2.75) is 30.4 Å². The van der Waals surface area contributed by atoms with Gasteiger partial charge in [0.05, 0.1) is 5.25 Å². The first-order valence-electron chi connectivity index (χ1n) is 7.21. The average molecular weight is 388 g/mol. The summed E-state index contributed by atoms with van der Waals surface area (Å²) < 4.78 is 57.2. The molecule has 0 radical (unpaired) electrons. The van der Waals surface area contributed by atoms with Crippen LogP contribution in [0.3, 0.4) is 0 Å². The number of benzene rings is 1. The quantitative estimate of drug-likeness (QED) is 0.416. The van der Waals surface area contributed by atoms with Crippen molar-refractivity contribution in [2.24, 2.45) is 0 Å². The number of halogens is 4. The van der Waals surface area contributed by atoms with E-state index in [1.54, 1.807) is 26.0 Å². The van der Waals surface area contributed by atoms with Crippen molar-refractivity contribution in [1.29, 1.82) is 0 Å². The van der Waals surface area contributed by atoms with E-state index >= 15 is 0 Å². The topological polar surface area (TPSA) is 95.7 Å². The molecule has 0 bridgehead atoms. The normalized spacial score (nSPS) is 13.2. The number of aromatic nitrogens is 5. The van der Waals surface area contributed by atoms with Gasteiger partial charge in [-0.3, -0.25) is 0 Å². The van der Waals surface area contributed by atoms with Crippen LogP contribution >= 0.6 is 11.8 Å². The van der Waals surface area contributed by atoms with Gasteiger partial charge in [0.15, 0.2) is 0 Å². The smallest absolute Gasteiger partial charge is 0.338 e. The minimum absolute atomic E-state index is 0.127. The van der Waals surface area contributed by atoms with Crippen LogP contribution in [0.5, 0.6) is 0 Å². The highest BCUT2D eigenvalue weighted by Gasteiger charge is 2.38. The fraction of sp³-hybridized carbons (Fsp3) is 0.286. The predicted molar refractivity (Wildman–Crippen MR) is 83.9 cm³/mol. The molecular weight excluding hydrogens is 376 g/mol. The summed E-state index contributed by atoms with van der Waals surface area (Å²) in [5.74, 6) is 3.95. The van der Waals surface area contributed by atoms with Gasteiger partial charge >= 0.3 is 6.18 Å². The largest absolute Gasteiger partial charge is 0.453 e. The number of nitrogens with zero attached hydrogens (tertiary/aromatic N) is 5. The van der Waals surface area contributed by atoms with Crippen LogP contribution in [0.25, 0.3) is 11.4 Å². The van der Waals surface area contributed by atoms with Gasteiger partial charge in [0.2, 0.25) is 16.9 Å². The van der Waals surface area contributed by atoms with Crippen molar-refractivity contribution < 1.29 is 22.1 Å². The Kier molecular flexibility index (Phi) is 4.61. The first-order chi connectivity index (χ1) is 12.2. The second-order valence-corrected chi connectivity index (χ2v) is 6.66. The Morgan fingerprint density at radius 2 is 2.00 bits per heavy atom. The van der Waals surface area contributed by atoms with E-state index in [9.17, 15) is 17.6 Å². The monoisotopic (exact) mass is 388 g/mol. The zero-order valence-corrected chi connectivity index (χ0v) is 14.3. The van der Waals surface area contributed by atoms with Gasteiger partial charge in [0, 0.05) is 5.56 Å². The van der Waals surface area contributed by atoms with Crippen LogP contribution < -0.4 is 5.84 Å². The molecule has 0 amide bonds. The Balaban J connectivity index is 1.79. The highest BCUT2D eigenvalue weighted by atomic mass is 32.2. The standard InChI is InChI=1S/C14H12F4N6OS/c1-6-3-4-8(5-9(6)15)10-20-11(25-23-10)7(2)26-13-22-21-12(24(13)19)14(16,17)18/h3-5,7H,19H2,1-2H3. The van der Waals surface area contributed by atoms with Gasteiger partial charge in [0.1, 0.15) is 5.82 Å². The minimum atomic E-state index is -4.71. The minimum Gasteiger partial charge on any atom is -0.338 e. The van der Waals surface area contributed by atoms with Crippen LogP contribution in [0.1, 0.15) is 29.5 Å². The lowest BCUT2D eigenvalue weighted by atomic mass is 10.1. The van der Waals surface area contributed by atoms with Crippen LogP contribution in [0.4, 0.5) is 17.6 Å². The first kappa shape index (κ1) is 18.2. The van der Waals surface area contributed by atoms with E-state index < -0.39 is 23.1 Å². The maximum absolute atomic E-state index is 13.6. The fourth-order valence-electron chi connectivity index (χ4n) is 2.01. The Hall–Kier alpha value is -2.63. The van der Waals surface area contributed by atoms with Gasteiger partial charge in [-0.25, -0.2) is 9.07 Å². The number of aryl methyl sites for hydroxylation is 1. The lowest BCUT2D eigenvalue weighted by Crippen LogP contribution is -2.21. The zero-order valence-electron chi connectivity index (χ0n) is 13.5. The van der Waals surface area contributed by atoms with Crippen molar-refractivity contribution in [2.75, 3.05) is 5.84 Å². The molecule has 1 atom stereocenters. The second kappa shape index (κ2) is 6.59. The van der Waals surface area contributed by atoms with Crippen molar-refractivity contribution in [3.63, 3.8) is 0 Å². The summed E-state index contributed by atoms with van der Waals surface area (Å²) in [7, 11) is 0. The Morgan fingerprint density at radius 3 is 2.62 bits per heavy atom. The van der Waals surface area contributed by atoms with Gasteiger partial charge in [0.25, 0.3) is 5.82 Å². The molecule has 0 spiro atoms. The van der Waals surface area contributed by atoms with Crippen molar-refractivity contribution >= 4 is 11.8 Å². The van der Waals surface area contributed by atoms with Crippen LogP contribution in [-0.4, -0.2) is 25.0 Å². The zero-order chi connectivity index (χ0) is 19.1. The molecule has 138 valence electrons. The van der Waals surface area contributed by atoms with Gasteiger partial charge in [-0.2, -0.15) is 18.2 Å². The summed E-state index contributed by atoms with van der Waals surface area (Å²) in [5, 5.41) is 9.51. The van der Waals surface area contributed by atoms with Crippen molar-refractivity contribution in [1.82, 2.24) is 25.0 Å². The highest BCUT2D eigenvalue weighted by molar-refractivity contribution is 7.99. The van der Waals surface area contributed by atoms with Crippen LogP contribution in [-0.2, 0) is 6.18 Å². The van der Waals surface area contributed by atoms with E-state index in [1.807, 2.05) is 0 Å². The molecule has 0 aliphatic carbocycles. The number of nitrogen functional groups attached to an aromatic ring is 1.